The molecule has 0 aliphatic rings. The molecule has 0 aliphatic carbocycles. The quantitative estimate of drug-likeness (QED) is 0.748. The van der Waals surface area contributed by atoms with Gasteiger partial charge in [0.2, 0.25) is 0 Å². The van der Waals surface area contributed by atoms with Gasteiger partial charge in [-0.2, -0.15) is 5.10 Å². The summed E-state index contributed by atoms with van der Waals surface area (Å²) >= 11 is 5.89. The highest BCUT2D eigenvalue weighted by molar-refractivity contribution is 6.30. The molecule has 0 amide bonds. The number of hydrogen-bond acceptors (Lipinski definition) is 2. The molecule has 1 aromatic carbocycles. The molecule has 1 heterocycles. The van der Waals surface area contributed by atoms with Crippen molar-refractivity contribution in [3.63, 3.8) is 0 Å². The van der Waals surface area contributed by atoms with Crippen LogP contribution in [0.2, 0.25) is 5.02 Å². The molecule has 0 radical (unpaired) electrons. The lowest BCUT2D eigenvalue weighted by molar-refractivity contribution is 0.500. The van der Waals surface area contributed by atoms with Crippen LogP contribution in [0.3, 0.4) is 0 Å². The number of rotatable bonds is 1. The Bertz CT molecular complexity index is 708. The first-order chi connectivity index (χ1) is 9.06. The summed E-state index contributed by atoms with van der Waals surface area (Å²) < 4.78 is 1.42. The van der Waals surface area contributed by atoms with Gasteiger partial charge in [-0.3, -0.25) is 4.79 Å². The van der Waals surface area contributed by atoms with Crippen molar-refractivity contribution < 1.29 is 0 Å². The zero-order valence-corrected chi connectivity index (χ0v) is 11.5. The molecule has 0 fully saturated rings. The van der Waals surface area contributed by atoms with Crippen molar-refractivity contribution >= 4 is 11.6 Å². The van der Waals surface area contributed by atoms with Gasteiger partial charge in [0, 0.05) is 16.7 Å². The molecular formula is C15H13ClN2O. The van der Waals surface area contributed by atoms with Crippen LogP contribution in [0.15, 0.2) is 41.2 Å². The maximum Gasteiger partial charge on any atom is 0.267 e. The van der Waals surface area contributed by atoms with E-state index in [9.17, 15) is 4.79 Å². The predicted molar refractivity (Wildman–Crippen MR) is 76.3 cm³/mol. The number of aromatic nitrogens is 2. The molecule has 0 unspecified atom stereocenters. The predicted octanol–water partition coefficient (Wildman–Crippen LogP) is 2.88. The molecule has 4 heteroatoms. The fourth-order valence-electron chi connectivity index (χ4n) is 1.56. The van der Waals surface area contributed by atoms with Gasteiger partial charge in [0.15, 0.2) is 0 Å². The van der Waals surface area contributed by atoms with Crippen LogP contribution in [0.1, 0.15) is 31.1 Å². The van der Waals surface area contributed by atoms with Gasteiger partial charge in [0.05, 0.1) is 6.04 Å². The van der Waals surface area contributed by atoms with Gasteiger partial charge in [0.25, 0.3) is 5.56 Å². The van der Waals surface area contributed by atoms with Crippen LogP contribution in [0.4, 0.5) is 0 Å². The van der Waals surface area contributed by atoms with Gasteiger partial charge in [0.1, 0.15) is 5.69 Å². The third-order valence-electron chi connectivity index (χ3n) is 2.47. The SMILES string of the molecule is CC(C)n1nc(C#Cc2cccc(Cl)c2)ccc1=O. The maximum absolute atomic E-state index is 11.6. The Morgan fingerprint density at radius 1 is 1.21 bits per heavy atom. The highest BCUT2D eigenvalue weighted by Gasteiger charge is 2.02. The van der Waals surface area contributed by atoms with Crippen molar-refractivity contribution in [2.75, 3.05) is 0 Å². The van der Waals surface area contributed by atoms with Crippen molar-refractivity contribution in [1.29, 1.82) is 0 Å². The van der Waals surface area contributed by atoms with Crippen LogP contribution in [-0.2, 0) is 0 Å². The summed E-state index contributed by atoms with van der Waals surface area (Å²) in [4.78, 5) is 11.6. The Morgan fingerprint density at radius 2 is 2.00 bits per heavy atom. The summed E-state index contributed by atoms with van der Waals surface area (Å²) in [5, 5.41) is 4.85. The van der Waals surface area contributed by atoms with Crippen molar-refractivity contribution in [3.8, 4) is 11.8 Å². The van der Waals surface area contributed by atoms with E-state index < -0.39 is 0 Å². The van der Waals surface area contributed by atoms with Gasteiger partial charge in [-0.05, 0) is 44.0 Å². The summed E-state index contributed by atoms with van der Waals surface area (Å²) in [7, 11) is 0. The van der Waals surface area contributed by atoms with Gasteiger partial charge in [-0.25, -0.2) is 4.68 Å². The van der Waals surface area contributed by atoms with E-state index in [-0.39, 0.29) is 11.6 Å². The molecule has 2 rings (SSSR count). The van der Waals surface area contributed by atoms with Gasteiger partial charge < -0.3 is 0 Å². The Labute approximate surface area is 116 Å². The van der Waals surface area contributed by atoms with Gasteiger partial charge in [-0.15, -0.1) is 0 Å². The zero-order chi connectivity index (χ0) is 13.8. The topological polar surface area (TPSA) is 34.9 Å². The third-order valence-corrected chi connectivity index (χ3v) is 2.71. The van der Waals surface area contributed by atoms with Crippen LogP contribution in [0.5, 0.6) is 0 Å². The second-order valence-corrected chi connectivity index (χ2v) is 4.79. The van der Waals surface area contributed by atoms with Crippen LogP contribution in [0.25, 0.3) is 0 Å². The van der Waals surface area contributed by atoms with Crippen LogP contribution >= 0.6 is 11.6 Å². The van der Waals surface area contributed by atoms with Gasteiger partial charge in [-0.1, -0.05) is 23.6 Å². The number of hydrogen-bond donors (Lipinski definition) is 0. The second kappa shape index (κ2) is 5.73. The van der Waals surface area contributed by atoms with Crippen LogP contribution in [-0.4, -0.2) is 9.78 Å². The van der Waals surface area contributed by atoms with E-state index in [4.69, 9.17) is 11.6 Å². The smallest absolute Gasteiger partial charge is 0.267 e. The molecular weight excluding hydrogens is 260 g/mol. The average molecular weight is 273 g/mol. The van der Waals surface area contributed by atoms with Crippen molar-refractivity contribution in [1.82, 2.24) is 9.78 Å². The summed E-state index contributed by atoms with van der Waals surface area (Å²) in [6.07, 6.45) is 0. The average Bonchev–Trinajstić information content (AvgIpc) is 2.37. The van der Waals surface area contributed by atoms with E-state index >= 15 is 0 Å². The van der Waals surface area contributed by atoms with E-state index in [0.29, 0.717) is 10.7 Å². The lowest BCUT2D eigenvalue weighted by Gasteiger charge is -2.07. The second-order valence-electron chi connectivity index (χ2n) is 4.36. The summed E-state index contributed by atoms with van der Waals surface area (Å²) in [5.74, 6) is 5.91. The lowest BCUT2D eigenvalue weighted by atomic mass is 10.2. The number of halogens is 1. The molecule has 3 nitrogen and oxygen atoms in total. The molecule has 0 bridgehead atoms. The fourth-order valence-corrected chi connectivity index (χ4v) is 1.75. The standard InChI is InChI=1S/C15H13ClN2O/c1-11(2)18-15(19)9-8-14(17-18)7-6-12-4-3-5-13(16)10-12/h3-5,8-11H,1-2H3. The van der Waals surface area contributed by atoms with E-state index in [2.05, 4.69) is 16.9 Å². The number of benzene rings is 1. The molecule has 0 N–H and O–H groups in total. The zero-order valence-electron chi connectivity index (χ0n) is 10.7. The van der Waals surface area contributed by atoms with Crippen molar-refractivity contribution in [2.45, 2.75) is 19.9 Å². The molecule has 19 heavy (non-hydrogen) atoms. The lowest BCUT2D eigenvalue weighted by Crippen LogP contribution is -2.24. The summed E-state index contributed by atoms with van der Waals surface area (Å²) in [5.41, 5.74) is 1.26. The molecule has 0 atom stereocenters. The first-order valence-corrected chi connectivity index (χ1v) is 6.31. The van der Waals surface area contributed by atoms with Crippen molar-refractivity contribution in [2.24, 2.45) is 0 Å². The summed E-state index contributed by atoms with van der Waals surface area (Å²) in [6.45, 7) is 3.81. The fraction of sp³-hybridized carbons (Fsp3) is 0.200. The van der Waals surface area contributed by atoms with E-state index in [1.165, 1.54) is 10.7 Å². The molecule has 0 saturated heterocycles. The molecule has 2 aromatic rings. The minimum Gasteiger partial charge on any atom is -0.268 e. The van der Waals surface area contributed by atoms with E-state index in [0.717, 1.165) is 5.56 Å². The minimum absolute atomic E-state index is 0.0143. The minimum atomic E-state index is -0.122. The Kier molecular flexibility index (Phi) is 4.03. The molecule has 0 spiro atoms. The van der Waals surface area contributed by atoms with E-state index in [1.807, 2.05) is 26.0 Å². The van der Waals surface area contributed by atoms with Crippen LogP contribution < -0.4 is 5.56 Å². The largest absolute Gasteiger partial charge is 0.268 e. The number of nitrogens with zero attached hydrogens (tertiary/aromatic N) is 2. The monoisotopic (exact) mass is 272 g/mol. The molecule has 1 aromatic heterocycles. The van der Waals surface area contributed by atoms with Crippen molar-refractivity contribution in [3.05, 3.63) is 63.0 Å². The summed E-state index contributed by atoms with van der Waals surface area (Å²) in [6, 6.07) is 10.4. The first-order valence-electron chi connectivity index (χ1n) is 5.94. The molecule has 0 aliphatic heterocycles. The maximum atomic E-state index is 11.6. The van der Waals surface area contributed by atoms with E-state index in [1.54, 1.807) is 18.2 Å². The Morgan fingerprint density at radius 3 is 2.68 bits per heavy atom. The third kappa shape index (κ3) is 3.46. The molecule has 96 valence electrons. The highest BCUT2D eigenvalue weighted by atomic mass is 35.5. The normalized spacial score (nSPS) is 10.1. The Balaban J connectivity index is 2.35. The molecule has 0 saturated carbocycles. The van der Waals surface area contributed by atoms with Crippen LogP contribution in [0, 0.1) is 11.8 Å². The Hall–Kier alpha value is -2.05. The first kappa shape index (κ1) is 13.4. The highest BCUT2D eigenvalue weighted by Crippen LogP contribution is 2.09. The van der Waals surface area contributed by atoms with Gasteiger partial charge >= 0.3 is 0 Å².